The van der Waals surface area contributed by atoms with Crippen molar-refractivity contribution in [3.8, 4) is 16.9 Å². The molecule has 0 aliphatic heterocycles. The van der Waals surface area contributed by atoms with Crippen LogP contribution in [0.2, 0.25) is 10.0 Å². The summed E-state index contributed by atoms with van der Waals surface area (Å²) < 4.78 is 5.11. The molecule has 0 bridgehead atoms. The van der Waals surface area contributed by atoms with Crippen LogP contribution in [0.4, 0.5) is 0 Å². The van der Waals surface area contributed by atoms with E-state index in [2.05, 4.69) is 0 Å². The minimum Gasteiger partial charge on any atom is -0.497 e. The third-order valence-corrected chi connectivity index (χ3v) is 3.47. The van der Waals surface area contributed by atoms with Gasteiger partial charge in [0.15, 0.2) is 0 Å². The highest BCUT2D eigenvalue weighted by atomic mass is 35.5. The summed E-state index contributed by atoms with van der Waals surface area (Å²) in [6.45, 7) is 0. The van der Waals surface area contributed by atoms with Gasteiger partial charge >= 0.3 is 0 Å². The molecule has 3 N–H and O–H groups in total. The van der Waals surface area contributed by atoms with Gasteiger partial charge in [0.1, 0.15) is 11.6 Å². The van der Waals surface area contributed by atoms with Crippen molar-refractivity contribution in [1.82, 2.24) is 0 Å². The molecule has 98 valence electrons. The third-order valence-electron chi connectivity index (χ3n) is 2.76. The van der Waals surface area contributed by atoms with Gasteiger partial charge < -0.3 is 10.5 Å². The Balaban J connectivity index is 2.60. The Morgan fingerprint density at radius 1 is 1.11 bits per heavy atom. The second kappa shape index (κ2) is 5.51. The van der Waals surface area contributed by atoms with E-state index in [-0.39, 0.29) is 5.84 Å². The van der Waals surface area contributed by atoms with E-state index in [1.54, 1.807) is 19.2 Å². The molecule has 3 nitrogen and oxygen atoms in total. The molecule has 2 aromatic rings. The van der Waals surface area contributed by atoms with Crippen LogP contribution in [0.15, 0.2) is 36.4 Å². The number of hydrogen-bond acceptors (Lipinski definition) is 2. The van der Waals surface area contributed by atoms with Crippen molar-refractivity contribution in [2.45, 2.75) is 0 Å². The number of nitrogens with one attached hydrogen (secondary N) is 1. The molecule has 0 fully saturated rings. The summed E-state index contributed by atoms with van der Waals surface area (Å²) in [6.07, 6.45) is 0. The number of hydrogen-bond donors (Lipinski definition) is 2. The van der Waals surface area contributed by atoms with Crippen LogP contribution in [0.3, 0.4) is 0 Å². The molecule has 0 atom stereocenters. The zero-order valence-corrected chi connectivity index (χ0v) is 11.7. The Morgan fingerprint density at radius 2 is 1.74 bits per heavy atom. The highest BCUT2D eigenvalue weighted by molar-refractivity contribution is 6.41. The molecule has 0 aliphatic rings. The molecule has 2 aromatic carbocycles. The standard InChI is InChI=1S/C14H12Cl2N2O/c1-19-9-4-2-8(3-5-9)12-11(15)7-6-10(13(12)16)14(17)18/h2-7H,1H3,(H3,17,18). The summed E-state index contributed by atoms with van der Waals surface area (Å²) in [4.78, 5) is 0. The number of amidine groups is 1. The van der Waals surface area contributed by atoms with E-state index in [1.807, 2.05) is 24.3 Å². The number of ether oxygens (including phenoxy) is 1. The number of rotatable bonds is 3. The Morgan fingerprint density at radius 3 is 2.26 bits per heavy atom. The largest absolute Gasteiger partial charge is 0.497 e. The second-order valence-corrected chi connectivity index (χ2v) is 4.71. The van der Waals surface area contributed by atoms with Gasteiger partial charge in [0.05, 0.1) is 12.1 Å². The summed E-state index contributed by atoms with van der Waals surface area (Å²) in [6, 6.07) is 10.7. The topological polar surface area (TPSA) is 59.1 Å². The zero-order chi connectivity index (χ0) is 14.0. The van der Waals surface area contributed by atoms with E-state index in [0.29, 0.717) is 21.2 Å². The van der Waals surface area contributed by atoms with Crippen molar-refractivity contribution in [2.75, 3.05) is 7.11 Å². The highest BCUT2D eigenvalue weighted by Crippen LogP contribution is 2.37. The molecule has 0 heterocycles. The van der Waals surface area contributed by atoms with E-state index >= 15 is 0 Å². The first-order chi connectivity index (χ1) is 9.04. The SMILES string of the molecule is COc1ccc(-c2c(Cl)ccc(C(=N)N)c2Cl)cc1. The lowest BCUT2D eigenvalue weighted by Gasteiger charge is -2.11. The number of nitrogens with two attached hydrogens (primary N) is 1. The maximum Gasteiger partial charge on any atom is 0.124 e. The van der Waals surface area contributed by atoms with Gasteiger partial charge in [0.25, 0.3) is 0 Å². The lowest BCUT2D eigenvalue weighted by atomic mass is 10.0. The van der Waals surface area contributed by atoms with Gasteiger partial charge in [-0.25, -0.2) is 0 Å². The van der Waals surface area contributed by atoms with Crippen LogP contribution in [-0.4, -0.2) is 12.9 Å². The van der Waals surface area contributed by atoms with Crippen molar-refractivity contribution in [3.05, 3.63) is 52.0 Å². The zero-order valence-electron chi connectivity index (χ0n) is 10.2. The Bertz CT molecular complexity index is 624. The van der Waals surface area contributed by atoms with E-state index < -0.39 is 0 Å². The predicted octanol–water partition coefficient (Wildman–Crippen LogP) is 3.95. The van der Waals surface area contributed by atoms with Gasteiger partial charge in [-0.2, -0.15) is 0 Å². The fraction of sp³-hybridized carbons (Fsp3) is 0.0714. The van der Waals surface area contributed by atoms with Crippen molar-refractivity contribution < 1.29 is 4.74 Å². The van der Waals surface area contributed by atoms with Crippen molar-refractivity contribution in [1.29, 1.82) is 5.41 Å². The van der Waals surface area contributed by atoms with Crippen LogP contribution in [0.25, 0.3) is 11.1 Å². The molecule has 0 spiro atoms. The van der Waals surface area contributed by atoms with Gasteiger partial charge in [-0.3, -0.25) is 5.41 Å². The molecule has 19 heavy (non-hydrogen) atoms. The van der Waals surface area contributed by atoms with E-state index in [1.165, 1.54) is 0 Å². The fourth-order valence-corrected chi connectivity index (χ4v) is 2.47. The number of nitrogen functional groups attached to an aromatic ring is 1. The first-order valence-corrected chi connectivity index (χ1v) is 6.27. The summed E-state index contributed by atoms with van der Waals surface area (Å²) >= 11 is 12.5. The molecule has 0 radical (unpaired) electrons. The Labute approximate surface area is 121 Å². The predicted molar refractivity (Wildman–Crippen MR) is 79.5 cm³/mol. The quantitative estimate of drug-likeness (QED) is 0.665. The minimum absolute atomic E-state index is 0.0866. The van der Waals surface area contributed by atoms with Gasteiger partial charge in [0, 0.05) is 16.1 Å². The van der Waals surface area contributed by atoms with Crippen LogP contribution in [0, 0.1) is 5.41 Å². The van der Waals surface area contributed by atoms with Gasteiger partial charge in [-0.1, -0.05) is 35.3 Å². The first-order valence-electron chi connectivity index (χ1n) is 5.51. The number of methoxy groups -OCH3 is 1. The number of halogens is 2. The van der Waals surface area contributed by atoms with E-state index in [4.69, 9.17) is 39.1 Å². The molecule has 0 aromatic heterocycles. The lowest BCUT2D eigenvalue weighted by molar-refractivity contribution is 0.415. The van der Waals surface area contributed by atoms with Crippen molar-refractivity contribution >= 4 is 29.0 Å². The van der Waals surface area contributed by atoms with Crippen molar-refractivity contribution in [3.63, 3.8) is 0 Å². The average Bonchev–Trinajstić information content (AvgIpc) is 2.39. The molecule has 0 amide bonds. The fourth-order valence-electron chi connectivity index (χ4n) is 1.78. The molecule has 5 heteroatoms. The molecule has 2 rings (SSSR count). The van der Waals surface area contributed by atoms with Gasteiger partial charge in [-0.15, -0.1) is 0 Å². The summed E-state index contributed by atoms with van der Waals surface area (Å²) in [5, 5.41) is 8.39. The van der Waals surface area contributed by atoms with Crippen LogP contribution in [0.5, 0.6) is 5.75 Å². The summed E-state index contributed by atoms with van der Waals surface area (Å²) in [5.41, 5.74) is 7.47. The summed E-state index contributed by atoms with van der Waals surface area (Å²) in [5.74, 6) is 0.662. The third kappa shape index (κ3) is 2.67. The van der Waals surface area contributed by atoms with Gasteiger partial charge in [-0.05, 0) is 29.8 Å². The van der Waals surface area contributed by atoms with Crippen LogP contribution in [-0.2, 0) is 0 Å². The molecule has 0 saturated carbocycles. The average molecular weight is 295 g/mol. The monoisotopic (exact) mass is 294 g/mol. The second-order valence-electron chi connectivity index (χ2n) is 3.93. The Hall–Kier alpha value is -1.71. The maximum atomic E-state index is 7.50. The highest BCUT2D eigenvalue weighted by Gasteiger charge is 2.14. The van der Waals surface area contributed by atoms with Crippen molar-refractivity contribution in [2.24, 2.45) is 5.73 Å². The molecule has 0 aliphatic carbocycles. The minimum atomic E-state index is -0.0866. The molecule has 0 unspecified atom stereocenters. The van der Waals surface area contributed by atoms with Crippen LogP contribution < -0.4 is 10.5 Å². The van der Waals surface area contributed by atoms with E-state index in [0.717, 1.165) is 11.3 Å². The Kier molecular flexibility index (Phi) is 3.98. The van der Waals surface area contributed by atoms with Crippen LogP contribution >= 0.6 is 23.2 Å². The first kappa shape index (κ1) is 13.7. The van der Waals surface area contributed by atoms with Gasteiger partial charge in [0.2, 0.25) is 0 Å². The maximum absolute atomic E-state index is 7.50. The number of benzene rings is 2. The molecular weight excluding hydrogens is 283 g/mol. The summed E-state index contributed by atoms with van der Waals surface area (Å²) in [7, 11) is 1.60. The van der Waals surface area contributed by atoms with E-state index in [9.17, 15) is 0 Å². The molecule has 0 saturated heterocycles. The van der Waals surface area contributed by atoms with Crippen LogP contribution in [0.1, 0.15) is 5.56 Å². The lowest BCUT2D eigenvalue weighted by Crippen LogP contribution is -2.12. The molecular formula is C14H12Cl2N2O. The normalized spacial score (nSPS) is 10.3. The smallest absolute Gasteiger partial charge is 0.124 e.